The lowest BCUT2D eigenvalue weighted by Crippen LogP contribution is -2.12. The summed E-state index contributed by atoms with van der Waals surface area (Å²) in [6.07, 6.45) is 0. The molecule has 0 saturated heterocycles. The molecule has 5 nitrogen and oxygen atoms in total. The number of nitrogens with zero attached hydrogens (tertiary/aromatic N) is 2. The molecule has 4 rings (SSSR count). The Balaban J connectivity index is 1.92. The molecule has 0 fully saturated rings. The largest absolute Gasteiger partial charge is 0.409 e. The van der Waals surface area contributed by atoms with Crippen LogP contribution in [0.4, 0.5) is 11.5 Å². The Morgan fingerprint density at radius 1 is 1.08 bits per heavy atom. The number of nitrogens with two attached hydrogens (primary N) is 1. The Hall–Kier alpha value is -3.12. The fourth-order valence-electron chi connectivity index (χ4n) is 2.67. The van der Waals surface area contributed by atoms with Crippen molar-refractivity contribution in [1.82, 2.24) is 4.98 Å². The summed E-state index contributed by atoms with van der Waals surface area (Å²) in [5.41, 5.74) is 8.11. The second-order valence-electron chi connectivity index (χ2n) is 5.33. The molecule has 0 bridgehead atoms. The van der Waals surface area contributed by atoms with Crippen molar-refractivity contribution in [2.75, 3.05) is 5.32 Å². The predicted molar refractivity (Wildman–Crippen MR) is 99.4 cm³/mol. The molecule has 2 aromatic heterocycles. The molecule has 0 radical (unpaired) electrons. The van der Waals surface area contributed by atoms with Gasteiger partial charge in [0.25, 0.3) is 0 Å². The molecule has 4 aromatic rings. The second kappa shape index (κ2) is 5.82. The number of aromatic nitrogens is 1. The van der Waals surface area contributed by atoms with Crippen LogP contribution >= 0.6 is 11.3 Å². The molecule has 2 aromatic carbocycles. The highest BCUT2D eigenvalue weighted by Crippen LogP contribution is 2.34. The lowest BCUT2D eigenvalue weighted by Gasteiger charge is -2.10. The molecule has 24 heavy (non-hydrogen) atoms. The minimum atomic E-state index is 0.0718. The van der Waals surface area contributed by atoms with Gasteiger partial charge in [0, 0.05) is 26.7 Å². The number of benzene rings is 2. The molecule has 0 aliphatic carbocycles. The van der Waals surface area contributed by atoms with Gasteiger partial charge in [-0.05, 0) is 29.6 Å². The van der Waals surface area contributed by atoms with Crippen LogP contribution in [0.3, 0.4) is 0 Å². The van der Waals surface area contributed by atoms with Gasteiger partial charge in [0.05, 0.1) is 5.52 Å². The van der Waals surface area contributed by atoms with Gasteiger partial charge in [-0.2, -0.15) is 0 Å². The van der Waals surface area contributed by atoms with Crippen molar-refractivity contribution >= 4 is 49.7 Å². The Morgan fingerprint density at radius 2 is 1.92 bits per heavy atom. The Morgan fingerprint density at radius 3 is 2.71 bits per heavy atom. The Labute approximate surface area is 142 Å². The summed E-state index contributed by atoms with van der Waals surface area (Å²) >= 11 is 1.67. The van der Waals surface area contributed by atoms with Gasteiger partial charge in [0.2, 0.25) is 0 Å². The molecule has 0 amide bonds. The van der Waals surface area contributed by atoms with E-state index in [0.717, 1.165) is 32.5 Å². The number of pyridine rings is 1. The maximum absolute atomic E-state index is 8.88. The molecule has 0 aliphatic heterocycles. The van der Waals surface area contributed by atoms with E-state index in [1.807, 2.05) is 48.5 Å². The SMILES string of the molecule is N/C(=N\O)c1ccc2c(c1)nc(Nc1ccccc1)c1ccsc12. The first-order valence-corrected chi connectivity index (χ1v) is 8.25. The summed E-state index contributed by atoms with van der Waals surface area (Å²) in [6, 6.07) is 17.6. The molecule has 0 unspecified atom stereocenters. The molecule has 4 N–H and O–H groups in total. The summed E-state index contributed by atoms with van der Waals surface area (Å²) in [4.78, 5) is 4.75. The van der Waals surface area contributed by atoms with Crippen LogP contribution in [0.5, 0.6) is 0 Å². The van der Waals surface area contributed by atoms with Crippen LogP contribution in [-0.2, 0) is 0 Å². The second-order valence-corrected chi connectivity index (χ2v) is 6.25. The summed E-state index contributed by atoms with van der Waals surface area (Å²) in [7, 11) is 0. The first-order valence-electron chi connectivity index (χ1n) is 7.37. The average Bonchev–Trinajstić information content (AvgIpc) is 3.12. The standard InChI is InChI=1S/C18H14N4OS/c19-17(22-23)11-6-7-13-15(10-11)21-18(14-8-9-24-16(13)14)20-12-4-2-1-3-5-12/h1-10,23H,(H2,19,22)(H,20,21). The van der Waals surface area contributed by atoms with E-state index < -0.39 is 0 Å². The number of hydrogen-bond donors (Lipinski definition) is 3. The predicted octanol–water partition coefficient (Wildman–Crippen LogP) is 4.29. The van der Waals surface area contributed by atoms with Crippen LogP contribution in [-0.4, -0.2) is 16.0 Å². The molecule has 0 spiro atoms. The van der Waals surface area contributed by atoms with Crippen molar-refractivity contribution in [3.05, 3.63) is 65.5 Å². The van der Waals surface area contributed by atoms with E-state index in [0.29, 0.717) is 5.56 Å². The van der Waals surface area contributed by atoms with E-state index in [4.69, 9.17) is 15.9 Å². The van der Waals surface area contributed by atoms with Crippen molar-refractivity contribution in [2.24, 2.45) is 10.9 Å². The van der Waals surface area contributed by atoms with Crippen molar-refractivity contribution < 1.29 is 5.21 Å². The summed E-state index contributed by atoms with van der Waals surface area (Å²) in [6.45, 7) is 0. The highest BCUT2D eigenvalue weighted by molar-refractivity contribution is 7.18. The van der Waals surface area contributed by atoms with Gasteiger partial charge in [0.15, 0.2) is 5.84 Å². The van der Waals surface area contributed by atoms with Gasteiger partial charge < -0.3 is 16.3 Å². The van der Waals surface area contributed by atoms with Gasteiger partial charge in [-0.15, -0.1) is 11.3 Å². The highest BCUT2D eigenvalue weighted by Gasteiger charge is 2.11. The molecule has 0 saturated carbocycles. The number of hydrogen-bond acceptors (Lipinski definition) is 5. The van der Waals surface area contributed by atoms with E-state index in [-0.39, 0.29) is 5.84 Å². The molecule has 0 aliphatic rings. The van der Waals surface area contributed by atoms with E-state index in [2.05, 4.69) is 21.9 Å². The third kappa shape index (κ3) is 2.43. The summed E-state index contributed by atoms with van der Waals surface area (Å²) in [5.74, 6) is 0.865. The third-order valence-electron chi connectivity index (χ3n) is 3.83. The number of oxime groups is 1. The van der Waals surface area contributed by atoms with E-state index in [1.165, 1.54) is 0 Å². The third-order valence-corrected chi connectivity index (χ3v) is 4.78. The monoisotopic (exact) mass is 334 g/mol. The quantitative estimate of drug-likeness (QED) is 0.226. The molecular formula is C18H14N4OS. The maximum atomic E-state index is 8.88. The topological polar surface area (TPSA) is 83.5 Å². The van der Waals surface area contributed by atoms with Crippen LogP contribution in [0, 0.1) is 0 Å². The van der Waals surface area contributed by atoms with Crippen LogP contribution < -0.4 is 11.1 Å². The fourth-order valence-corrected chi connectivity index (χ4v) is 3.60. The minimum Gasteiger partial charge on any atom is -0.409 e. The van der Waals surface area contributed by atoms with E-state index in [1.54, 1.807) is 11.3 Å². The molecule has 2 heterocycles. The van der Waals surface area contributed by atoms with Gasteiger partial charge in [-0.1, -0.05) is 35.5 Å². The number of fused-ring (bicyclic) bond motifs is 3. The van der Waals surface area contributed by atoms with Crippen molar-refractivity contribution in [2.45, 2.75) is 0 Å². The van der Waals surface area contributed by atoms with Crippen LogP contribution in [0.15, 0.2) is 65.1 Å². The maximum Gasteiger partial charge on any atom is 0.170 e. The summed E-state index contributed by atoms with van der Waals surface area (Å²) in [5, 5.41) is 19.5. The van der Waals surface area contributed by atoms with Gasteiger partial charge >= 0.3 is 0 Å². The van der Waals surface area contributed by atoms with Crippen LogP contribution in [0.2, 0.25) is 0 Å². The molecule has 0 atom stereocenters. The van der Waals surface area contributed by atoms with Gasteiger partial charge in [-0.25, -0.2) is 4.98 Å². The normalized spacial score (nSPS) is 11.9. The first-order chi connectivity index (χ1) is 11.8. The zero-order valence-corrected chi connectivity index (χ0v) is 13.4. The number of thiophene rings is 1. The lowest BCUT2D eigenvalue weighted by molar-refractivity contribution is 0.318. The van der Waals surface area contributed by atoms with E-state index in [9.17, 15) is 0 Å². The van der Waals surface area contributed by atoms with Crippen LogP contribution in [0.25, 0.3) is 21.0 Å². The van der Waals surface area contributed by atoms with Gasteiger partial charge in [-0.3, -0.25) is 0 Å². The zero-order valence-electron chi connectivity index (χ0n) is 12.6. The van der Waals surface area contributed by atoms with Gasteiger partial charge in [0.1, 0.15) is 5.82 Å². The highest BCUT2D eigenvalue weighted by atomic mass is 32.1. The number of para-hydroxylation sites is 1. The molecular weight excluding hydrogens is 320 g/mol. The number of anilines is 2. The summed E-state index contributed by atoms with van der Waals surface area (Å²) < 4.78 is 1.16. The first kappa shape index (κ1) is 14.5. The fraction of sp³-hybridized carbons (Fsp3) is 0. The zero-order chi connectivity index (χ0) is 16.5. The Bertz CT molecular complexity index is 1060. The van der Waals surface area contributed by atoms with Crippen molar-refractivity contribution in [1.29, 1.82) is 0 Å². The molecule has 118 valence electrons. The van der Waals surface area contributed by atoms with Crippen molar-refractivity contribution in [3.63, 3.8) is 0 Å². The molecule has 6 heteroatoms. The van der Waals surface area contributed by atoms with E-state index >= 15 is 0 Å². The number of rotatable bonds is 3. The van der Waals surface area contributed by atoms with Crippen molar-refractivity contribution in [3.8, 4) is 0 Å². The Kier molecular flexibility index (Phi) is 3.51. The minimum absolute atomic E-state index is 0.0718. The number of nitrogens with one attached hydrogen (secondary N) is 1. The lowest BCUT2D eigenvalue weighted by atomic mass is 10.1. The average molecular weight is 334 g/mol. The number of amidine groups is 1. The smallest absolute Gasteiger partial charge is 0.170 e. The van der Waals surface area contributed by atoms with Crippen LogP contribution in [0.1, 0.15) is 5.56 Å².